The number of aliphatic carboxylic acids is 1. The predicted octanol–water partition coefficient (Wildman–Crippen LogP) is 5.71. The zero-order valence-corrected chi connectivity index (χ0v) is 16.2. The van der Waals surface area contributed by atoms with Crippen molar-refractivity contribution in [3.63, 3.8) is 0 Å². The molecule has 0 aromatic heterocycles. The summed E-state index contributed by atoms with van der Waals surface area (Å²) in [6, 6.07) is 12.0. The molecular weight excluding hydrogens is 346 g/mol. The molecule has 0 saturated carbocycles. The number of rotatable bonds is 10. The van der Waals surface area contributed by atoms with E-state index < -0.39 is 5.97 Å². The molecule has 2 rings (SSSR count). The molecular formula is C21H27NO3S. The molecule has 26 heavy (non-hydrogen) atoms. The van der Waals surface area contributed by atoms with Crippen LogP contribution in [0.1, 0.15) is 48.8 Å². The minimum atomic E-state index is -0.707. The monoisotopic (exact) mass is 373 g/mol. The van der Waals surface area contributed by atoms with Crippen LogP contribution in [0.5, 0.6) is 5.75 Å². The maximum Gasteiger partial charge on any atom is 0.303 e. The Balaban J connectivity index is 1.83. The van der Waals surface area contributed by atoms with E-state index in [4.69, 9.17) is 5.11 Å². The second-order valence-electron chi connectivity index (χ2n) is 6.61. The van der Waals surface area contributed by atoms with E-state index >= 15 is 0 Å². The van der Waals surface area contributed by atoms with E-state index in [1.165, 1.54) is 5.56 Å². The second-order valence-corrected chi connectivity index (χ2v) is 7.49. The summed E-state index contributed by atoms with van der Waals surface area (Å²) >= 11 is 1.58. The third-order valence-corrected chi connectivity index (χ3v) is 5.09. The first-order valence-electron chi connectivity index (χ1n) is 8.99. The number of phenols is 1. The van der Waals surface area contributed by atoms with Crippen LogP contribution in [0.4, 0.5) is 5.69 Å². The number of nitrogens with one attached hydrogen (secondary N) is 1. The Bertz CT molecular complexity index is 723. The van der Waals surface area contributed by atoms with Crippen LogP contribution in [0.3, 0.4) is 0 Å². The first-order valence-corrected chi connectivity index (χ1v) is 9.81. The average Bonchev–Trinajstić information content (AvgIpc) is 2.57. The van der Waals surface area contributed by atoms with Crippen LogP contribution in [0.2, 0.25) is 0 Å². The Kier molecular flexibility index (Phi) is 7.85. The van der Waals surface area contributed by atoms with Gasteiger partial charge in [0, 0.05) is 11.3 Å². The van der Waals surface area contributed by atoms with Crippen molar-refractivity contribution in [2.24, 2.45) is 0 Å². The number of aromatic hydroxyl groups is 1. The van der Waals surface area contributed by atoms with Crippen molar-refractivity contribution >= 4 is 23.6 Å². The predicted molar refractivity (Wildman–Crippen MR) is 108 cm³/mol. The standard InChI is InChI=1S/C21H27NO3S/c1-15-12-18(23)13-16(2)21(15)22-26-19-10-7-9-17(14-19)8-5-3-4-6-11-20(24)25/h7,9-10,12-14,22-23H,3-6,8,11H2,1-2H3,(H,24,25). The minimum Gasteiger partial charge on any atom is -0.508 e. The smallest absolute Gasteiger partial charge is 0.303 e. The van der Waals surface area contributed by atoms with Gasteiger partial charge in [0.25, 0.3) is 0 Å². The van der Waals surface area contributed by atoms with Gasteiger partial charge in [-0.15, -0.1) is 0 Å². The van der Waals surface area contributed by atoms with Gasteiger partial charge in [-0.05, 0) is 86.0 Å². The Hall–Kier alpha value is -2.14. The number of hydrogen-bond donors (Lipinski definition) is 3. The SMILES string of the molecule is Cc1cc(O)cc(C)c1NSc1cccc(CCCCCCC(=O)O)c1. The van der Waals surface area contributed by atoms with Crippen molar-refractivity contribution in [2.75, 3.05) is 4.72 Å². The van der Waals surface area contributed by atoms with Crippen LogP contribution in [0, 0.1) is 13.8 Å². The first-order chi connectivity index (χ1) is 12.5. The van der Waals surface area contributed by atoms with E-state index in [0.29, 0.717) is 5.75 Å². The fraction of sp³-hybridized carbons (Fsp3) is 0.381. The van der Waals surface area contributed by atoms with Crippen molar-refractivity contribution < 1.29 is 15.0 Å². The van der Waals surface area contributed by atoms with Gasteiger partial charge in [-0.1, -0.05) is 25.0 Å². The maximum absolute atomic E-state index is 10.5. The molecule has 5 heteroatoms. The zero-order valence-electron chi connectivity index (χ0n) is 15.4. The number of hydrogen-bond acceptors (Lipinski definition) is 4. The Labute approximate surface area is 159 Å². The van der Waals surface area contributed by atoms with E-state index in [-0.39, 0.29) is 6.42 Å². The van der Waals surface area contributed by atoms with Gasteiger partial charge in [0.2, 0.25) is 0 Å². The van der Waals surface area contributed by atoms with Crippen molar-refractivity contribution in [1.29, 1.82) is 0 Å². The van der Waals surface area contributed by atoms with Crippen LogP contribution >= 0.6 is 11.9 Å². The molecule has 0 amide bonds. The summed E-state index contributed by atoms with van der Waals surface area (Å²) in [7, 11) is 0. The van der Waals surface area contributed by atoms with Gasteiger partial charge in [0.1, 0.15) is 5.75 Å². The maximum atomic E-state index is 10.5. The summed E-state index contributed by atoms with van der Waals surface area (Å²) in [5, 5.41) is 18.3. The van der Waals surface area contributed by atoms with Crippen LogP contribution < -0.4 is 4.72 Å². The highest BCUT2D eigenvalue weighted by Crippen LogP contribution is 2.30. The highest BCUT2D eigenvalue weighted by molar-refractivity contribution is 8.00. The Morgan fingerprint density at radius 2 is 1.73 bits per heavy atom. The van der Waals surface area contributed by atoms with E-state index in [9.17, 15) is 9.90 Å². The lowest BCUT2D eigenvalue weighted by atomic mass is 10.1. The molecule has 0 fully saturated rings. The Morgan fingerprint density at radius 3 is 2.42 bits per heavy atom. The van der Waals surface area contributed by atoms with Gasteiger partial charge in [0.05, 0.1) is 5.69 Å². The summed E-state index contributed by atoms with van der Waals surface area (Å²) in [5.41, 5.74) is 4.38. The molecule has 0 spiro atoms. The van der Waals surface area contributed by atoms with Crippen molar-refractivity contribution in [1.82, 2.24) is 0 Å². The molecule has 0 saturated heterocycles. The van der Waals surface area contributed by atoms with Gasteiger partial charge in [0.15, 0.2) is 0 Å². The van der Waals surface area contributed by atoms with E-state index in [1.807, 2.05) is 13.8 Å². The molecule has 0 bridgehead atoms. The summed E-state index contributed by atoms with van der Waals surface area (Å²) in [5.74, 6) is -0.415. The largest absolute Gasteiger partial charge is 0.508 e. The second kappa shape index (κ2) is 10.1. The fourth-order valence-electron chi connectivity index (χ4n) is 2.93. The molecule has 0 aliphatic rings. The minimum absolute atomic E-state index is 0.272. The van der Waals surface area contributed by atoms with Crippen molar-refractivity contribution in [2.45, 2.75) is 57.3 Å². The van der Waals surface area contributed by atoms with E-state index in [0.717, 1.165) is 53.8 Å². The molecule has 140 valence electrons. The number of carbonyl (C=O) groups is 1. The highest BCUT2D eigenvalue weighted by atomic mass is 32.2. The Morgan fingerprint density at radius 1 is 1.04 bits per heavy atom. The lowest BCUT2D eigenvalue weighted by Gasteiger charge is -2.13. The van der Waals surface area contributed by atoms with Gasteiger partial charge in [-0.2, -0.15) is 0 Å². The molecule has 0 aliphatic heterocycles. The summed E-state index contributed by atoms with van der Waals surface area (Å²) in [6.45, 7) is 3.97. The van der Waals surface area contributed by atoms with E-state index in [1.54, 1.807) is 24.1 Å². The van der Waals surface area contributed by atoms with Crippen molar-refractivity contribution in [3.05, 3.63) is 53.1 Å². The molecule has 0 aliphatic carbocycles. The first kappa shape index (κ1) is 20.2. The third-order valence-electron chi connectivity index (χ3n) is 4.29. The molecule has 3 N–H and O–H groups in total. The molecule has 2 aromatic rings. The van der Waals surface area contributed by atoms with Gasteiger partial charge >= 0.3 is 5.97 Å². The third kappa shape index (κ3) is 6.64. The van der Waals surface area contributed by atoms with Crippen LogP contribution in [-0.2, 0) is 11.2 Å². The normalized spacial score (nSPS) is 10.7. The molecule has 0 radical (unpaired) electrons. The molecule has 0 unspecified atom stereocenters. The lowest BCUT2D eigenvalue weighted by molar-refractivity contribution is -0.137. The quantitative estimate of drug-likeness (QED) is 0.283. The topological polar surface area (TPSA) is 69.6 Å². The van der Waals surface area contributed by atoms with Crippen LogP contribution in [-0.4, -0.2) is 16.2 Å². The van der Waals surface area contributed by atoms with Gasteiger partial charge < -0.3 is 14.9 Å². The molecule has 0 atom stereocenters. The number of aryl methyl sites for hydroxylation is 3. The average molecular weight is 374 g/mol. The fourth-order valence-corrected chi connectivity index (χ4v) is 3.83. The highest BCUT2D eigenvalue weighted by Gasteiger charge is 2.06. The zero-order chi connectivity index (χ0) is 18.9. The number of benzene rings is 2. The van der Waals surface area contributed by atoms with Crippen LogP contribution in [0.25, 0.3) is 0 Å². The number of anilines is 1. The summed E-state index contributed by atoms with van der Waals surface area (Å²) in [4.78, 5) is 11.6. The van der Waals surface area contributed by atoms with Gasteiger partial charge in [-0.3, -0.25) is 4.79 Å². The molecule has 0 heterocycles. The number of unbranched alkanes of at least 4 members (excludes halogenated alkanes) is 3. The summed E-state index contributed by atoms with van der Waals surface area (Å²) in [6.07, 6.45) is 5.17. The number of carboxylic acids is 1. The van der Waals surface area contributed by atoms with Crippen molar-refractivity contribution in [3.8, 4) is 5.75 Å². The van der Waals surface area contributed by atoms with E-state index in [2.05, 4.69) is 29.0 Å². The summed E-state index contributed by atoms with van der Waals surface area (Å²) < 4.78 is 3.40. The number of carboxylic acid groups (broad SMARTS) is 1. The lowest BCUT2D eigenvalue weighted by Crippen LogP contribution is -1.95. The molecule has 4 nitrogen and oxygen atoms in total. The van der Waals surface area contributed by atoms with Crippen LogP contribution in [0.15, 0.2) is 41.3 Å². The number of phenolic OH excluding ortho intramolecular Hbond substituents is 1. The van der Waals surface area contributed by atoms with Gasteiger partial charge in [-0.25, -0.2) is 0 Å². The molecule has 2 aromatic carbocycles.